The summed E-state index contributed by atoms with van der Waals surface area (Å²) < 4.78 is 11.9. The van der Waals surface area contributed by atoms with E-state index in [1.807, 2.05) is 39.8 Å². The zero-order valence-corrected chi connectivity index (χ0v) is 11.4. The van der Waals surface area contributed by atoms with Gasteiger partial charge in [0.25, 0.3) is 0 Å². The number of terminal acetylenes is 1. The Morgan fingerprint density at radius 2 is 1.83 bits per heavy atom. The second-order valence-electron chi connectivity index (χ2n) is 5.55. The summed E-state index contributed by atoms with van der Waals surface area (Å²) in [6.45, 7) is 8.14. The molecular weight excluding hydrogens is 225 g/mol. The molecule has 1 fully saturated rings. The van der Waals surface area contributed by atoms with Gasteiger partial charge in [-0.3, -0.25) is 4.98 Å². The molecule has 1 saturated heterocycles. The first kappa shape index (κ1) is 13.1. The van der Waals surface area contributed by atoms with Gasteiger partial charge in [-0.05, 0) is 33.8 Å². The molecule has 2 heterocycles. The van der Waals surface area contributed by atoms with Crippen LogP contribution in [0.1, 0.15) is 33.4 Å². The number of hydrogen-bond donors (Lipinski definition) is 0. The van der Waals surface area contributed by atoms with E-state index in [-0.39, 0.29) is 18.3 Å². The number of pyridine rings is 1. The van der Waals surface area contributed by atoms with Gasteiger partial charge < -0.3 is 9.31 Å². The van der Waals surface area contributed by atoms with Crippen LogP contribution in [0.2, 0.25) is 0 Å². The van der Waals surface area contributed by atoms with E-state index in [2.05, 4.69) is 10.9 Å². The topological polar surface area (TPSA) is 31.4 Å². The molecule has 1 aliphatic heterocycles. The van der Waals surface area contributed by atoms with Crippen molar-refractivity contribution < 1.29 is 9.31 Å². The lowest BCUT2D eigenvalue weighted by molar-refractivity contribution is 0.00578. The van der Waals surface area contributed by atoms with Crippen LogP contribution < -0.4 is 5.46 Å². The van der Waals surface area contributed by atoms with E-state index in [0.717, 1.165) is 11.2 Å². The van der Waals surface area contributed by atoms with Crippen molar-refractivity contribution in [1.29, 1.82) is 0 Å². The molecule has 2 rings (SSSR count). The van der Waals surface area contributed by atoms with Crippen LogP contribution in [0.4, 0.5) is 0 Å². The summed E-state index contributed by atoms with van der Waals surface area (Å²) in [5.41, 5.74) is 1.16. The number of aromatic nitrogens is 1. The molecule has 0 atom stereocenters. The molecule has 94 valence electrons. The van der Waals surface area contributed by atoms with Gasteiger partial charge in [-0.25, -0.2) is 0 Å². The molecule has 0 amide bonds. The average molecular weight is 243 g/mol. The lowest BCUT2D eigenvalue weighted by Crippen LogP contribution is -2.41. The highest BCUT2D eigenvalue weighted by atomic mass is 16.7. The van der Waals surface area contributed by atoms with E-state index < -0.39 is 0 Å². The van der Waals surface area contributed by atoms with Crippen molar-refractivity contribution in [2.45, 2.75) is 45.3 Å². The highest BCUT2D eigenvalue weighted by Gasteiger charge is 2.51. The Morgan fingerprint density at radius 3 is 2.28 bits per heavy atom. The predicted octanol–water partition coefficient (Wildman–Crippen LogP) is 1.56. The lowest BCUT2D eigenvalue weighted by Gasteiger charge is -2.32. The van der Waals surface area contributed by atoms with Crippen LogP contribution in [-0.4, -0.2) is 23.3 Å². The standard InChI is InChI=1S/C14H18BNO2/c1-6-7-12-9-8-11(10-16-12)15-17-13(2,3)14(4,5)18-15/h1,8-10H,7H2,2-5H3. The Balaban J connectivity index is 2.17. The first-order valence-electron chi connectivity index (χ1n) is 6.10. The summed E-state index contributed by atoms with van der Waals surface area (Å²) in [5.74, 6) is 2.57. The third-order valence-electron chi connectivity index (χ3n) is 3.66. The van der Waals surface area contributed by atoms with Crippen LogP contribution in [0, 0.1) is 12.3 Å². The maximum Gasteiger partial charge on any atom is 0.496 e. The first-order valence-corrected chi connectivity index (χ1v) is 6.10. The second-order valence-corrected chi connectivity index (χ2v) is 5.55. The molecule has 18 heavy (non-hydrogen) atoms. The van der Waals surface area contributed by atoms with Gasteiger partial charge in [0.2, 0.25) is 0 Å². The van der Waals surface area contributed by atoms with Gasteiger partial charge in [0.15, 0.2) is 0 Å². The molecule has 1 aliphatic rings. The highest BCUT2D eigenvalue weighted by Crippen LogP contribution is 2.36. The van der Waals surface area contributed by atoms with Crippen molar-refractivity contribution in [3.63, 3.8) is 0 Å². The molecule has 0 unspecified atom stereocenters. The van der Waals surface area contributed by atoms with Gasteiger partial charge in [0.05, 0.1) is 23.3 Å². The normalized spacial score (nSPS) is 20.7. The fourth-order valence-corrected chi connectivity index (χ4v) is 1.76. The molecule has 0 bridgehead atoms. The quantitative estimate of drug-likeness (QED) is 0.583. The summed E-state index contributed by atoms with van der Waals surface area (Å²) >= 11 is 0. The molecule has 0 aliphatic carbocycles. The van der Waals surface area contributed by atoms with Gasteiger partial charge in [0.1, 0.15) is 0 Å². The number of rotatable bonds is 2. The van der Waals surface area contributed by atoms with Crippen molar-refractivity contribution >= 4 is 12.6 Å². The average Bonchev–Trinajstić information content (AvgIpc) is 2.50. The molecule has 3 nitrogen and oxygen atoms in total. The van der Waals surface area contributed by atoms with Crippen molar-refractivity contribution in [3.8, 4) is 12.3 Å². The van der Waals surface area contributed by atoms with Gasteiger partial charge in [-0.15, -0.1) is 12.3 Å². The van der Waals surface area contributed by atoms with E-state index in [4.69, 9.17) is 15.7 Å². The SMILES string of the molecule is C#CCc1ccc(B2OC(C)(C)C(C)(C)O2)cn1. The van der Waals surface area contributed by atoms with E-state index in [0.29, 0.717) is 6.42 Å². The van der Waals surface area contributed by atoms with Crippen LogP contribution >= 0.6 is 0 Å². The lowest BCUT2D eigenvalue weighted by atomic mass is 9.80. The Labute approximate surface area is 109 Å². The summed E-state index contributed by atoms with van der Waals surface area (Å²) in [6.07, 6.45) is 7.57. The van der Waals surface area contributed by atoms with Gasteiger partial charge in [0, 0.05) is 11.7 Å². The van der Waals surface area contributed by atoms with Crippen molar-refractivity contribution in [2.75, 3.05) is 0 Å². The number of nitrogens with zero attached hydrogens (tertiary/aromatic N) is 1. The van der Waals surface area contributed by atoms with E-state index in [1.54, 1.807) is 6.20 Å². The molecule has 0 spiro atoms. The largest absolute Gasteiger partial charge is 0.496 e. The highest BCUT2D eigenvalue weighted by molar-refractivity contribution is 6.62. The van der Waals surface area contributed by atoms with Crippen molar-refractivity contribution in [2.24, 2.45) is 0 Å². The van der Waals surface area contributed by atoms with Gasteiger partial charge in [-0.2, -0.15) is 0 Å². The Hall–Kier alpha value is -1.31. The maximum atomic E-state index is 5.95. The van der Waals surface area contributed by atoms with Crippen LogP contribution in [0.25, 0.3) is 0 Å². The summed E-state index contributed by atoms with van der Waals surface area (Å²) in [6, 6.07) is 3.88. The monoisotopic (exact) mass is 243 g/mol. The molecule has 0 N–H and O–H groups in total. The first-order chi connectivity index (χ1) is 8.36. The Kier molecular flexibility index (Phi) is 3.22. The summed E-state index contributed by atoms with van der Waals surface area (Å²) in [4.78, 5) is 4.31. The molecule has 1 aromatic heterocycles. The fraction of sp³-hybridized carbons (Fsp3) is 0.500. The van der Waals surface area contributed by atoms with Gasteiger partial charge >= 0.3 is 7.12 Å². The maximum absolute atomic E-state index is 5.95. The zero-order valence-electron chi connectivity index (χ0n) is 11.4. The Morgan fingerprint density at radius 1 is 1.22 bits per heavy atom. The fourth-order valence-electron chi connectivity index (χ4n) is 1.76. The van der Waals surface area contributed by atoms with Crippen molar-refractivity contribution in [1.82, 2.24) is 4.98 Å². The molecule has 0 saturated carbocycles. The molecule has 0 radical (unpaired) electrons. The van der Waals surface area contributed by atoms with Crippen LogP contribution in [-0.2, 0) is 15.7 Å². The summed E-state index contributed by atoms with van der Waals surface area (Å²) in [5, 5.41) is 0. The molecular formula is C14H18BNO2. The van der Waals surface area contributed by atoms with Crippen LogP contribution in [0.15, 0.2) is 18.3 Å². The minimum atomic E-state index is -0.359. The van der Waals surface area contributed by atoms with E-state index >= 15 is 0 Å². The smallest absolute Gasteiger partial charge is 0.399 e. The third kappa shape index (κ3) is 2.29. The van der Waals surface area contributed by atoms with Gasteiger partial charge in [-0.1, -0.05) is 6.07 Å². The van der Waals surface area contributed by atoms with Crippen molar-refractivity contribution in [3.05, 3.63) is 24.0 Å². The van der Waals surface area contributed by atoms with Crippen LogP contribution in [0.3, 0.4) is 0 Å². The zero-order chi connectivity index (χ0) is 13.4. The third-order valence-corrected chi connectivity index (χ3v) is 3.66. The Bertz CT molecular complexity index is 458. The van der Waals surface area contributed by atoms with E-state index in [9.17, 15) is 0 Å². The minimum absolute atomic E-state index is 0.324. The summed E-state index contributed by atoms with van der Waals surface area (Å²) in [7, 11) is -0.359. The predicted molar refractivity (Wildman–Crippen MR) is 72.5 cm³/mol. The minimum Gasteiger partial charge on any atom is -0.399 e. The molecule has 1 aromatic rings. The second kappa shape index (κ2) is 4.42. The van der Waals surface area contributed by atoms with E-state index in [1.165, 1.54) is 0 Å². The number of hydrogen-bond acceptors (Lipinski definition) is 3. The van der Waals surface area contributed by atoms with Crippen LogP contribution in [0.5, 0.6) is 0 Å². The molecule has 4 heteroatoms. The molecule has 0 aromatic carbocycles.